The standard InChI is InChI=1S/C80H156O17P2/c1-8-9-10-11-12-13-33-40-47-54-61-77(82)90-67-75(97-80(85)64-57-50-43-36-29-23-26-32-39-46-53-60-73(6)7)69-94-98(86,87)92-65-74(81)66-93-99(88,89)95-70-76(68-91-78(83)62-55-48-41-34-27-21-18-17-20-25-31-38-45-52-59-72(4)5)96-79(84)63-56-49-42-35-28-22-16-14-15-19-24-30-37-44-51-58-71(2)3/h71-76,81H,8-70H2,1-7H3,(H,86,87)(H,88,89)/t74-,75+,76+/m0/s1. The average Bonchev–Trinajstić information content (AvgIpc) is 1.10. The first kappa shape index (κ1) is 97.1. The summed E-state index contributed by atoms with van der Waals surface area (Å²) < 4.78 is 68.7. The molecule has 0 heterocycles. The summed E-state index contributed by atoms with van der Waals surface area (Å²) in [4.78, 5) is 73.0. The molecule has 99 heavy (non-hydrogen) atoms. The van der Waals surface area contributed by atoms with Crippen molar-refractivity contribution in [1.82, 2.24) is 0 Å². The van der Waals surface area contributed by atoms with E-state index < -0.39 is 97.5 Å². The van der Waals surface area contributed by atoms with E-state index in [1.54, 1.807) is 0 Å². The molecule has 0 bridgehead atoms. The maximum absolute atomic E-state index is 13.1. The summed E-state index contributed by atoms with van der Waals surface area (Å²) >= 11 is 0. The first-order chi connectivity index (χ1) is 47.7. The van der Waals surface area contributed by atoms with E-state index >= 15 is 0 Å². The summed E-state index contributed by atoms with van der Waals surface area (Å²) in [6.45, 7) is 12.0. The van der Waals surface area contributed by atoms with Crippen LogP contribution < -0.4 is 0 Å². The van der Waals surface area contributed by atoms with Gasteiger partial charge in [-0.1, -0.05) is 363 Å². The molecule has 0 aliphatic heterocycles. The van der Waals surface area contributed by atoms with Crippen LogP contribution in [0.15, 0.2) is 0 Å². The Bertz CT molecular complexity index is 1920. The number of phosphoric acid groups is 2. The first-order valence-electron chi connectivity index (χ1n) is 41.3. The van der Waals surface area contributed by atoms with Gasteiger partial charge in [0, 0.05) is 25.7 Å². The molecule has 0 aromatic carbocycles. The minimum atomic E-state index is -4.96. The summed E-state index contributed by atoms with van der Waals surface area (Å²) in [7, 11) is -9.92. The average molecular weight is 1450 g/mol. The van der Waals surface area contributed by atoms with Gasteiger partial charge in [0.05, 0.1) is 26.4 Å². The summed E-state index contributed by atoms with van der Waals surface area (Å²) in [5.41, 5.74) is 0. The predicted octanol–water partition coefficient (Wildman–Crippen LogP) is 23.7. The molecular weight excluding hydrogens is 1290 g/mol. The first-order valence-corrected chi connectivity index (χ1v) is 44.3. The highest BCUT2D eigenvalue weighted by Crippen LogP contribution is 2.45. The molecule has 5 atom stereocenters. The van der Waals surface area contributed by atoms with Crippen LogP contribution in [0.1, 0.15) is 414 Å². The number of aliphatic hydroxyl groups is 1. The van der Waals surface area contributed by atoms with Gasteiger partial charge in [0.15, 0.2) is 12.2 Å². The number of hydrogen-bond acceptors (Lipinski definition) is 15. The van der Waals surface area contributed by atoms with Gasteiger partial charge < -0.3 is 33.8 Å². The van der Waals surface area contributed by atoms with E-state index in [9.17, 15) is 43.2 Å². The van der Waals surface area contributed by atoms with Crippen molar-refractivity contribution < 1.29 is 80.2 Å². The topological polar surface area (TPSA) is 237 Å². The lowest BCUT2D eigenvalue weighted by molar-refractivity contribution is -0.161. The Hall–Kier alpha value is -1.94. The van der Waals surface area contributed by atoms with Crippen LogP contribution in [-0.2, 0) is 65.4 Å². The zero-order valence-corrected chi connectivity index (χ0v) is 66.8. The van der Waals surface area contributed by atoms with Crippen molar-refractivity contribution in [3.63, 3.8) is 0 Å². The zero-order chi connectivity index (χ0) is 73.0. The second-order valence-electron chi connectivity index (χ2n) is 30.2. The number of phosphoric ester groups is 2. The molecule has 17 nitrogen and oxygen atoms in total. The lowest BCUT2D eigenvalue weighted by Gasteiger charge is -2.21. The summed E-state index contributed by atoms with van der Waals surface area (Å²) in [5.74, 6) is 0.256. The van der Waals surface area contributed by atoms with E-state index in [1.807, 2.05) is 0 Å². The minimum Gasteiger partial charge on any atom is -0.462 e. The third-order valence-corrected chi connectivity index (χ3v) is 20.5. The number of ether oxygens (including phenoxy) is 4. The van der Waals surface area contributed by atoms with E-state index in [1.165, 1.54) is 225 Å². The molecular formula is C80H156O17P2. The molecule has 0 rings (SSSR count). The molecule has 0 aromatic rings. The maximum atomic E-state index is 13.1. The van der Waals surface area contributed by atoms with E-state index in [2.05, 4.69) is 48.5 Å². The van der Waals surface area contributed by atoms with Crippen LogP contribution in [0.5, 0.6) is 0 Å². The highest BCUT2D eigenvalue weighted by molar-refractivity contribution is 7.47. The van der Waals surface area contributed by atoms with Crippen molar-refractivity contribution in [2.75, 3.05) is 39.6 Å². The smallest absolute Gasteiger partial charge is 0.462 e. The Balaban J connectivity index is 5.24. The summed E-state index contributed by atoms with van der Waals surface area (Å²) in [5, 5.41) is 10.6. The van der Waals surface area contributed by atoms with Crippen LogP contribution in [0, 0.1) is 17.8 Å². The third kappa shape index (κ3) is 74.1. The van der Waals surface area contributed by atoms with Crippen LogP contribution in [0.4, 0.5) is 0 Å². The molecule has 2 unspecified atom stereocenters. The van der Waals surface area contributed by atoms with E-state index in [0.717, 1.165) is 108 Å². The molecule has 0 aliphatic carbocycles. The molecule has 19 heteroatoms. The molecule has 0 aromatic heterocycles. The van der Waals surface area contributed by atoms with Gasteiger partial charge in [-0.15, -0.1) is 0 Å². The van der Waals surface area contributed by atoms with Gasteiger partial charge in [-0.25, -0.2) is 9.13 Å². The fraction of sp³-hybridized carbons (Fsp3) is 0.950. The fourth-order valence-electron chi connectivity index (χ4n) is 12.3. The van der Waals surface area contributed by atoms with E-state index in [-0.39, 0.29) is 25.7 Å². The molecule has 0 fully saturated rings. The molecule has 0 amide bonds. The Morgan fingerprint density at radius 2 is 0.465 bits per heavy atom. The Morgan fingerprint density at radius 1 is 0.273 bits per heavy atom. The molecule has 0 saturated heterocycles. The highest BCUT2D eigenvalue weighted by Gasteiger charge is 2.30. The van der Waals surface area contributed by atoms with Gasteiger partial charge in [-0.3, -0.25) is 37.3 Å². The van der Waals surface area contributed by atoms with Gasteiger partial charge in [0.1, 0.15) is 19.3 Å². The molecule has 3 N–H and O–H groups in total. The number of aliphatic hydroxyl groups excluding tert-OH is 1. The largest absolute Gasteiger partial charge is 0.472 e. The van der Waals surface area contributed by atoms with Gasteiger partial charge in [-0.05, 0) is 43.4 Å². The number of carbonyl (C=O) groups excluding carboxylic acids is 4. The van der Waals surface area contributed by atoms with Crippen LogP contribution in [0.2, 0.25) is 0 Å². The quantitative estimate of drug-likeness (QED) is 0.0222. The number of unbranched alkanes of at least 4 members (excludes halogenated alkanes) is 46. The van der Waals surface area contributed by atoms with E-state index in [4.69, 9.17) is 37.0 Å². The van der Waals surface area contributed by atoms with Crippen molar-refractivity contribution in [3.8, 4) is 0 Å². The van der Waals surface area contributed by atoms with Gasteiger partial charge >= 0.3 is 39.5 Å². The lowest BCUT2D eigenvalue weighted by atomic mass is 10.0. The Morgan fingerprint density at radius 3 is 0.687 bits per heavy atom. The molecule has 588 valence electrons. The van der Waals surface area contributed by atoms with Crippen LogP contribution in [0.25, 0.3) is 0 Å². The summed E-state index contributed by atoms with van der Waals surface area (Å²) in [6, 6.07) is 0. The lowest BCUT2D eigenvalue weighted by Crippen LogP contribution is -2.30. The number of hydrogen-bond donors (Lipinski definition) is 3. The second-order valence-corrected chi connectivity index (χ2v) is 33.1. The minimum absolute atomic E-state index is 0.107. The van der Waals surface area contributed by atoms with E-state index in [0.29, 0.717) is 25.7 Å². The molecule has 0 spiro atoms. The summed E-state index contributed by atoms with van der Waals surface area (Å²) in [6.07, 6.45) is 58.2. The Kier molecular flexibility index (Phi) is 69.0. The Labute approximate surface area is 607 Å². The predicted molar refractivity (Wildman–Crippen MR) is 405 cm³/mol. The van der Waals surface area contributed by atoms with Gasteiger partial charge in [0.25, 0.3) is 0 Å². The van der Waals surface area contributed by atoms with Crippen LogP contribution in [0.3, 0.4) is 0 Å². The van der Waals surface area contributed by atoms with Crippen molar-refractivity contribution in [1.29, 1.82) is 0 Å². The third-order valence-electron chi connectivity index (χ3n) is 18.6. The number of rotatable bonds is 78. The highest BCUT2D eigenvalue weighted by atomic mass is 31.2. The fourth-order valence-corrected chi connectivity index (χ4v) is 13.9. The molecule has 0 aliphatic rings. The normalized spacial score (nSPS) is 14.0. The van der Waals surface area contributed by atoms with Crippen molar-refractivity contribution in [3.05, 3.63) is 0 Å². The maximum Gasteiger partial charge on any atom is 0.472 e. The molecule has 0 saturated carbocycles. The van der Waals surface area contributed by atoms with Crippen molar-refractivity contribution >= 4 is 39.5 Å². The van der Waals surface area contributed by atoms with Gasteiger partial charge in [0.2, 0.25) is 0 Å². The monoisotopic (exact) mass is 1450 g/mol. The zero-order valence-electron chi connectivity index (χ0n) is 65.0. The van der Waals surface area contributed by atoms with Crippen molar-refractivity contribution in [2.45, 2.75) is 433 Å². The van der Waals surface area contributed by atoms with Crippen molar-refractivity contribution in [2.24, 2.45) is 17.8 Å². The SMILES string of the molecule is CCCCCCCCCCCCC(=O)OC[C@H](COP(=O)(O)OC[C@H](O)COP(=O)(O)OC[C@@H](COC(=O)CCCCCCCCCCCCCCCCC(C)C)OC(=O)CCCCCCCCCCCCCCCCCC(C)C)OC(=O)CCCCCCCCCCCCCC(C)C. The van der Waals surface area contributed by atoms with Crippen LogP contribution in [-0.4, -0.2) is 96.7 Å². The van der Waals surface area contributed by atoms with Crippen LogP contribution >= 0.6 is 15.6 Å². The van der Waals surface area contributed by atoms with Gasteiger partial charge in [-0.2, -0.15) is 0 Å². The number of carbonyl (C=O) groups is 4. The second kappa shape index (κ2) is 70.4. The molecule has 0 radical (unpaired) electrons. The number of esters is 4.